The highest BCUT2D eigenvalue weighted by molar-refractivity contribution is 5.97. The van der Waals surface area contributed by atoms with E-state index in [9.17, 15) is 13.6 Å². The smallest absolute Gasteiger partial charge is 0.280 e. The van der Waals surface area contributed by atoms with Crippen molar-refractivity contribution >= 4 is 5.91 Å². The molecule has 1 aromatic heterocycles. The van der Waals surface area contributed by atoms with Crippen LogP contribution in [0.25, 0.3) is 0 Å². The van der Waals surface area contributed by atoms with E-state index in [1.54, 1.807) is 6.07 Å². The lowest BCUT2D eigenvalue weighted by molar-refractivity contribution is 0.0995. The molecule has 0 aromatic carbocycles. The van der Waals surface area contributed by atoms with E-state index in [4.69, 9.17) is 11.0 Å². The number of halogens is 2. The molecule has 1 heterocycles. The first-order valence-corrected chi connectivity index (χ1v) is 4.08. The summed E-state index contributed by atoms with van der Waals surface area (Å²) in [6.07, 6.45) is -2.86. The van der Waals surface area contributed by atoms with E-state index in [0.29, 0.717) is 0 Å². The highest BCUT2D eigenvalue weighted by Gasteiger charge is 2.21. The van der Waals surface area contributed by atoms with Gasteiger partial charge in [0, 0.05) is 0 Å². The number of nitrogens with two attached hydrogens (primary N) is 1. The Hall–Kier alpha value is -2.23. The molecule has 0 spiro atoms. The summed E-state index contributed by atoms with van der Waals surface area (Å²) in [4.78, 5) is 14.4. The van der Waals surface area contributed by atoms with E-state index >= 15 is 0 Å². The van der Waals surface area contributed by atoms with Gasteiger partial charge in [-0.3, -0.25) is 4.79 Å². The molecule has 5 nitrogen and oxygen atoms in total. The summed E-state index contributed by atoms with van der Waals surface area (Å²) in [6.45, 7) is 0. The van der Waals surface area contributed by atoms with Crippen LogP contribution in [0.5, 0.6) is 5.88 Å². The molecule has 0 radical (unpaired) electrons. The fraction of sp³-hybridized carbons (Fsp3) is 0.222. The number of hydrogen-bond acceptors (Lipinski definition) is 4. The van der Waals surface area contributed by atoms with Crippen LogP contribution in [-0.2, 0) is 0 Å². The van der Waals surface area contributed by atoms with Crippen LogP contribution in [0.4, 0.5) is 8.78 Å². The number of primary amides is 1. The summed E-state index contributed by atoms with van der Waals surface area (Å²) < 4.78 is 29.4. The molecule has 0 saturated carbocycles. The highest BCUT2D eigenvalue weighted by Crippen LogP contribution is 2.25. The van der Waals surface area contributed by atoms with Crippen LogP contribution in [0.15, 0.2) is 6.07 Å². The second-order valence-corrected chi connectivity index (χ2v) is 2.76. The van der Waals surface area contributed by atoms with E-state index < -0.39 is 18.0 Å². The quantitative estimate of drug-likeness (QED) is 0.834. The standard InChI is InChI=1S/C9H7F2N3O2/c1-16-9-6(8(13)15)4(3-12)2-5(14-9)7(10)11/h2,7H,1H3,(H2,13,15). The molecule has 0 aliphatic rings. The van der Waals surface area contributed by atoms with Crippen molar-refractivity contribution in [2.24, 2.45) is 5.73 Å². The number of nitriles is 1. The Morgan fingerprint density at radius 1 is 1.69 bits per heavy atom. The first-order chi connectivity index (χ1) is 7.51. The van der Waals surface area contributed by atoms with Crippen molar-refractivity contribution in [3.63, 3.8) is 0 Å². The van der Waals surface area contributed by atoms with Crippen molar-refractivity contribution in [3.8, 4) is 11.9 Å². The van der Waals surface area contributed by atoms with E-state index in [1.807, 2.05) is 0 Å². The van der Waals surface area contributed by atoms with Gasteiger partial charge in [-0.15, -0.1) is 0 Å². The summed E-state index contributed by atoms with van der Waals surface area (Å²) in [6, 6.07) is 2.41. The van der Waals surface area contributed by atoms with Gasteiger partial charge in [0.15, 0.2) is 0 Å². The molecule has 0 unspecified atom stereocenters. The Morgan fingerprint density at radius 3 is 2.69 bits per heavy atom. The van der Waals surface area contributed by atoms with Crippen molar-refractivity contribution in [3.05, 3.63) is 22.9 Å². The van der Waals surface area contributed by atoms with Gasteiger partial charge in [-0.05, 0) is 6.07 Å². The third-order valence-corrected chi connectivity index (χ3v) is 1.79. The van der Waals surface area contributed by atoms with Gasteiger partial charge >= 0.3 is 0 Å². The van der Waals surface area contributed by atoms with Crippen molar-refractivity contribution in [2.45, 2.75) is 6.43 Å². The number of carbonyl (C=O) groups excluding carboxylic acids is 1. The van der Waals surface area contributed by atoms with Gasteiger partial charge in [0.1, 0.15) is 17.3 Å². The van der Waals surface area contributed by atoms with Crippen molar-refractivity contribution in [1.82, 2.24) is 4.98 Å². The number of methoxy groups -OCH3 is 1. The van der Waals surface area contributed by atoms with Crippen LogP contribution in [0.2, 0.25) is 0 Å². The van der Waals surface area contributed by atoms with Gasteiger partial charge in [0.2, 0.25) is 5.88 Å². The van der Waals surface area contributed by atoms with Crippen LogP contribution >= 0.6 is 0 Å². The van der Waals surface area contributed by atoms with E-state index in [0.717, 1.165) is 13.2 Å². The van der Waals surface area contributed by atoms with Gasteiger partial charge < -0.3 is 10.5 Å². The topological polar surface area (TPSA) is 89.0 Å². The maximum absolute atomic E-state index is 12.4. The predicted octanol–water partition coefficient (Wildman–Crippen LogP) is 0.998. The first kappa shape index (κ1) is 11.8. The zero-order valence-corrected chi connectivity index (χ0v) is 8.20. The number of aromatic nitrogens is 1. The normalized spacial score (nSPS) is 9.94. The molecule has 1 aromatic rings. The fourth-order valence-electron chi connectivity index (χ4n) is 1.13. The van der Waals surface area contributed by atoms with Crippen molar-refractivity contribution in [2.75, 3.05) is 7.11 Å². The third-order valence-electron chi connectivity index (χ3n) is 1.79. The number of pyridine rings is 1. The largest absolute Gasteiger partial charge is 0.480 e. The lowest BCUT2D eigenvalue weighted by Gasteiger charge is -2.08. The lowest BCUT2D eigenvalue weighted by atomic mass is 10.1. The van der Waals surface area contributed by atoms with Crippen LogP contribution in [-0.4, -0.2) is 18.0 Å². The number of ether oxygens (including phenoxy) is 1. The van der Waals surface area contributed by atoms with Gasteiger partial charge in [0.05, 0.1) is 12.7 Å². The zero-order valence-electron chi connectivity index (χ0n) is 8.20. The lowest BCUT2D eigenvalue weighted by Crippen LogP contribution is -2.16. The molecule has 1 rings (SSSR count). The Labute approximate surface area is 89.4 Å². The monoisotopic (exact) mass is 227 g/mol. The number of carbonyl (C=O) groups is 1. The average Bonchev–Trinajstić information content (AvgIpc) is 2.26. The molecule has 0 bridgehead atoms. The summed E-state index contributed by atoms with van der Waals surface area (Å²) >= 11 is 0. The molecular weight excluding hydrogens is 220 g/mol. The molecule has 1 amide bonds. The Kier molecular flexibility index (Phi) is 3.35. The molecular formula is C9H7F2N3O2. The minimum atomic E-state index is -2.86. The van der Waals surface area contributed by atoms with Gasteiger partial charge in [-0.2, -0.15) is 5.26 Å². The van der Waals surface area contributed by atoms with Crippen molar-refractivity contribution < 1.29 is 18.3 Å². The average molecular weight is 227 g/mol. The number of rotatable bonds is 3. The highest BCUT2D eigenvalue weighted by atomic mass is 19.3. The van der Waals surface area contributed by atoms with Crippen LogP contribution in [0, 0.1) is 11.3 Å². The van der Waals surface area contributed by atoms with Crippen LogP contribution in [0.1, 0.15) is 28.0 Å². The van der Waals surface area contributed by atoms with Crippen LogP contribution in [0.3, 0.4) is 0 Å². The fourth-order valence-corrected chi connectivity index (χ4v) is 1.13. The predicted molar refractivity (Wildman–Crippen MR) is 49.0 cm³/mol. The Morgan fingerprint density at radius 2 is 2.31 bits per heavy atom. The third kappa shape index (κ3) is 2.06. The summed E-state index contributed by atoms with van der Waals surface area (Å²) in [5.74, 6) is -1.33. The van der Waals surface area contributed by atoms with E-state index in [-0.39, 0.29) is 17.0 Å². The molecule has 0 aliphatic heterocycles. The molecule has 2 N–H and O–H groups in total. The SMILES string of the molecule is COc1nc(C(F)F)cc(C#N)c1C(N)=O. The molecule has 0 aliphatic carbocycles. The Balaban J connectivity index is 3.51. The molecule has 16 heavy (non-hydrogen) atoms. The molecule has 7 heteroatoms. The van der Waals surface area contributed by atoms with Gasteiger partial charge in [0.25, 0.3) is 12.3 Å². The molecule has 0 atom stereocenters. The summed E-state index contributed by atoms with van der Waals surface area (Å²) in [7, 11) is 1.14. The first-order valence-electron chi connectivity index (χ1n) is 4.08. The number of hydrogen-bond donors (Lipinski definition) is 1. The van der Waals surface area contributed by atoms with E-state index in [1.165, 1.54) is 0 Å². The maximum atomic E-state index is 12.4. The number of amides is 1. The van der Waals surface area contributed by atoms with Gasteiger partial charge in [-0.1, -0.05) is 0 Å². The Bertz CT molecular complexity index is 469. The summed E-state index contributed by atoms with van der Waals surface area (Å²) in [5, 5.41) is 8.71. The summed E-state index contributed by atoms with van der Waals surface area (Å²) in [5.41, 5.74) is 3.78. The van der Waals surface area contributed by atoms with E-state index in [2.05, 4.69) is 9.72 Å². The number of nitrogens with zero attached hydrogens (tertiary/aromatic N) is 2. The molecule has 84 valence electrons. The van der Waals surface area contributed by atoms with Crippen LogP contribution < -0.4 is 10.5 Å². The molecule has 0 fully saturated rings. The van der Waals surface area contributed by atoms with Crippen molar-refractivity contribution in [1.29, 1.82) is 5.26 Å². The molecule has 0 saturated heterocycles. The zero-order chi connectivity index (χ0) is 12.3. The second kappa shape index (κ2) is 4.53. The number of alkyl halides is 2. The minimum Gasteiger partial charge on any atom is -0.480 e. The van der Waals surface area contributed by atoms with Gasteiger partial charge in [-0.25, -0.2) is 13.8 Å². The second-order valence-electron chi connectivity index (χ2n) is 2.76. The maximum Gasteiger partial charge on any atom is 0.280 e. The minimum absolute atomic E-state index is 0.283.